The number of methoxy groups -OCH3 is 2. The fourth-order valence-corrected chi connectivity index (χ4v) is 7.78. The van der Waals surface area contributed by atoms with Crippen molar-refractivity contribution in [2.45, 2.75) is 155 Å². The van der Waals surface area contributed by atoms with E-state index in [0.717, 1.165) is 56.3 Å². The maximum Gasteiger partial charge on any atom is 0.222 e. The Kier molecular flexibility index (Phi) is 21.3. The van der Waals surface area contributed by atoms with Crippen molar-refractivity contribution in [2.24, 2.45) is 0 Å². The van der Waals surface area contributed by atoms with E-state index in [1.807, 2.05) is 27.9 Å². The first-order valence-corrected chi connectivity index (χ1v) is 22.7. The van der Waals surface area contributed by atoms with Crippen LogP contribution in [0.2, 0.25) is 0 Å². The molecule has 4 N–H and O–H groups in total. The second-order valence-corrected chi connectivity index (χ2v) is 16.0. The second-order valence-electron chi connectivity index (χ2n) is 16.0. The molecule has 0 spiro atoms. The van der Waals surface area contributed by atoms with Gasteiger partial charge in [-0.05, 0) is 25.7 Å². The summed E-state index contributed by atoms with van der Waals surface area (Å²) in [4.78, 5) is 38.4. The Bertz CT molecular complexity index is 1610. The Hall–Kier alpha value is -4.29. The van der Waals surface area contributed by atoms with Gasteiger partial charge in [-0.15, -0.1) is 0 Å². The molecule has 13 nitrogen and oxygen atoms in total. The molecule has 0 aliphatic carbocycles. The van der Waals surface area contributed by atoms with Gasteiger partial charge >= 0.3 is 0 Å². The summed E-state index contributed by atoms with van der Waals surface area (Å²) in [6.45, 7) is 8.97. The second kappa shape index (κ2) is 26.7. The number of nitrogens with zero attached hydrogens (tertiary/aromatic N) is 6. The molecule has 1 aliphatic rings. The zero-order valence-corrected chi connectivity index (χ0v) is 36.4. The molecule has 0 radical (unpaired) electrons. The summed E-state index contributed by atoms with van der Waals surface area (Å²) in [5, 5.41) is 11.2. The number of amides is 2. The van der Waals surface area contributed by atoms with Crippen molar-refractivity contribution in [3.05, 3.63) is 23.9 Å². The zero-order chi connectivity index (χ0) is 41.4. The van der Waals surface area contributed by atoms with Gasteiger partial charge in [0.2, 0.25) is 17.8 Å². The number of unbranched alkanes of at least 4 members (excludes halogenated alkanes) is 16. The minimum Gasteiger partial charge on any atom is -0.496 e. The molecule has 1 aromatic carbocycles. The van der Waals surface area contributed by atoms with E-state index in [1.165, 1.54) is 83.5 Å². The molecule has 4 rings (SSSR count). The van der Waals surface area contributed by atoms with Crippen LogP contribution in [0.5, 0.6) is 11.5 Å². The number of carbonyl (C=O) groups excluding carboxylic acids is 2. The van der Waals surface area contributed by atoms with Crippen LogP contribution in [0.3, 0.4) is 0 Å². The van der Waals surface area contributed by atoms with Crippen LogP contribution in [0.1, 0.15) is 154 Å². The molecule has 58 heavy (non-hydrogen) atoms. The summed E-state index contributed by atoms with van der Waals surface area (Å²) in [5.74, 6) is 2.54. The monoisotopic (exact) mass is 806 g/mol. The molecule has 3 aromatic rings. The number of nitrogen functional groups attached to an aromatic ring is 1. The number of hydrogen-bond acceptors (Lipinski definition) is 10. The number of anilines is 3. The van der Waals surface area contributed by atoms with Gasteiger partial charge < -0.3 is 35.6 Å². The van der Waals surface area contributed by atoms with E-state index in [1.54, 1.807) is 14.2 Å². The average Bonchev–Trinajstić information content (AvgIpc) is 3.64. The number of fused-ring (bicyclic) bond motifs is 1. The first-order valence-electron chi connectivity index (χ1n) is 22.7. The molecule has 1 saturated heterocycles. The molecule has 1 fully saturated rings. The van der Waals surface area contributed by atoms with E-state index in [2.05, 4.69) is 39.3 Å². The van der Waals surface area contributed by atoms with Crippen molar-refractivity contribution < 1.29 is 19.1 Å². The van der Waals surface area contributed by atoms with E-state index in [-0.39, 0.29) is 17.8 Å². The Morgan fingerprint density at radius 1 is 0.707 bits per heavy atom. The van der Waals surface area contributed by atoms with Crippen LogP contribution in [0.25, 0.3) is 11.0 Å². The van der Waals surface area contributed by atoms with Gasteiger partial charge in [-0.25, -0.2) is 4.98 Å². The Morgan fingerprint density at radius 2 is 1.28 bits per heavy atom. The van der Waals surface area contributed by atoms with Crippen molar-refractivity contribution in [1.29, 1.82) is 0 Å². The molecule has 0 unspecified atom stereocenters. The molecule has 324 valence electrons. The number of carbonyl (C=O) groups is 2. The highest BCUT2D eigenvalue weighted by molar-refractivity contribution is 5.85. The minimum atomic E-state index is 0.137. The summed E-state index contributed by atoms with van der Waals surface area (Å²) in [6, 6.07) is 4.06. The summed E-state index contributed by atoms with van der Waals surface area (Å²) in [5.41, 5.74) is 9.18. The highest BCUT2D eigenvalue weighted by Crippen LogP contribution is 2.36. The number of nitrogens with one attached hydrogen (secondary N) is 2. The Labute approximate surface area is 348 Å². The normalized spacial score (nSPS) is 13.0. The number of hydrogen-bond donors (Lipinski definition) is 3. The molecule has 2 aromatic heterocycles. The molecular formula is C45H75N9O4. The lowest BCUT2D eigenvalue weighted by atomic mass is 10.0. The summed E-state index contributed by atoms with van der Waals surface area (Å²) >= 11 is 0. The highest BCUT2D eigenvalue weighted by atomic mass is 16.5. The number of rotatable bonds is 30. The van der Waals surface area contributed by atoms with Crippen LogP contribution < -0.4 is 30.7 Å². The van der Waals surface area contributed by atoms with Crippen LogP contribution in [-0.2, 0) is 16.1 Å². The van der Waals surface area contributed by atoms with Gasteiger partial charge in [0.25, 0.3) is 0 Å². The molecule has 13 heteroatoms. The van der Waals surface area contributed by atoms with E-state index in [4.69, 9.17) is 20.3 Å². The van der Waals surface area contributed by atoms with Crippen molar-refractivity contribution in [3.8, 4) is 11.5 Å². The van der Waals surface area contributed by atoms with Crippen LogP contribution in [0.4, 0.5) is 17.5 Å². The summed E-state index contributed by atoms with van der Waals surface area (Å²) in [6.07, 6.45) is 26.5. The number of aromatic nitrogens is 4. The molecule has 0 atom stereocenters. The lowest BCUT2D eigenvalue weighted by Crippen LogP contribution is -2.48. The predicted molar refractivity (Wildman–Crippen MR) is 237 cm³/mol. The van der Waals surface area contributed by atoms with Crippen molar-refractivity contribution in [1.82, 2.24) is 30.0 Å². The van der Waals surface area contributed by atoms with Crippen LogP contribution in [-0.4, -0.2) is 90.0 Å². The third kappa shape index (κ3) is 15.8. The highest BCUT2D eigenvalue weighted by Gasteiger charge is 2.24. The quantitative estimate of drug-likeness (QED) is 0.0557. The third-order valence-corrected chi connectivity index (χ3v) is 11.3. The van der Waals surface area contributed by atoms with Gasteiger partial charge in [0.15, 0.2) is 11.3 Å². The summed E-state index contributed by atoms with van der Waals surface area (Å²) in [7, 11) is 3.32. The zero-order valence-electron chi connectivity index (χ0n) is 36.4. The first kappa shape index (κ1) is 46.4. The fraction of sp³-hybridized carbons (Fsp3) is 0.711. The van der Waals surface area contributed by atoms with E-state index >= 15 is 0 Å². The molecule has 2 amide bonds. The van der Waals surface area contributed by atoms with Crippen LogP contribution >= 0.6 is 0 Å². The molecule has 0 saturated carbocycles. The van der Waals surface area contributed by atoms with Crippen molar-refractivity contribution >= 4 is 40.3 Å². The molecule has 3 heterocycles. The van der Waals surface area contributed by atoms with Crippen LogP contribution in [0.15, 0.2) is 18.3 Å². The molecular weight excluding hydrogens is 731 g/mol. The van der Waals surface area contributed by atoms with Gasteiger partial charge in [-0.2, -0.15) is 10.1 Å². The maximum atomic E-state index is 13.0. The number of piperazine rings is 1. The predicted octanol–water partition coefficient (Wildman–Crippen LogP) is 8.88. The SMILES string of the molecule is CCCCCCCCCCCCCCCCCC(=O)NCCCCC(=O)N1CCN(c2cc(OC)c(Cn3cc4nc(N)nc(NCCCC)c4n3)c(OC)c2)CC1. The number of ether oxygens (including phenoxy) is 2. The molecule has 0 bridgehead atoms. The first-order chi connectivity index (χ1) is 28.4. The minimum absolute atomic E-state index is 0.137. The van der Waals surface area contributed by atoms with Gasteiger partial charge in [0, 0.05) is 69.9 Å². The standard InChI is InChI=1S/C45H75N9O4/c1-5-7-9-10-11-12-13-14-15-16-17-18-19-20-21-24-41(55)47-27-23-22-25-42(56)53-30-28-52(29-31-53)36-32-39(57-3)37(40(33-36)58-4)34-54-35-38-43(51-54)44(48-26-8-6-2)50-45(46)49-38/h32-33,35H,5-31,34H2,1-4H3,(H,47,55)(H3,46,48,49,50). The smallest absolute Gasteiger partial charge is 0.222 e. The maximum absolute atomic E-state index is 13.0. The third-order valence-electron chi connectivity index (χ3n) is 11.3. The Balaban J connectivity index is 1.09. The van der Waals surface area contributed by atoms with E-state index in [9.17, 15) is 9.59 Å². The van der Waals surface area contributed by atoms with Gasteiger partial charge in [0.1, 0.15) is 17.0 Å². The van der Waals surface area contributed by atoms with Gasteiger partial charge in [-0.3, -0.25) is 14.3 Å². The summed E-state index contributed by atoms with van der Waals surface area (Å²) < 4.78 is 13.6. The van der Waals surface area contributed by atoms with Crippen molar-refractivity contribution in [3.63, 3.8) is 0 Å². The largest absolute Gasteiger partial charge is 0.496 e. The topological polar surface area (TPSA) is 153 Å². The lowest BCUT2D eigenvalue weighted by Gasteiger charge is -2.36. The van der Waals surface area contributed by atoms with E-state index in [0.29, 0.717) is 80.5 Å². The Morgan fingerprint density at radius 3 is 1.86 bits per heavy atom. The lowest BCUT2D eigenvalue weighted by molar-refractivity contribution is -0.131. The number of benzene rings is 1. The average molecular weight is 806 g/mol. The number of nitrogens with two attached hydrogens (primary N) is 1. The van der Waals surface area contributed by atoms with Gasteiger partial charge in [-0.1, -0.05) is 110 Å². The van der Waals surface area contributed by atoms with Crippen LogP contribution in [0, 0.1) is 0 Å². The molecule has 1 aliphatic heterocycles. The van der Waals surface area contributed by atoms with E-state index < -0.39 is 0 Å². The fourth-order valence-electron chi connectivity index (χ4n) is 7.78. The van der Waals surface area contributed by atoms with Crippen molar-refractivity contribution in [2.75, 3.05) is 69.4 Å². The van der Waals surface area contributed by atoms with Gasteiger partial charge in [0.05, 0.1) is 32.5 Å².